The highest BCUT2D eigenvalue weighted by molar-refractivity contribution is 4.91. The van der Waals surface area contributed by atoms with Crippen molar-refractivity contribution in [2.24, 2.45) is 23.5 Å². The first kappa shape index (κ1) is 9.01. The third kappa shape index (κ3) is 2.17. The van der Waals surface area contributed by atoms with Crippen LogP contribution in [0.2, 0.25) is 0 Å². The van der Waals surface area contributed by atoms with Crippen LogP contribution >= 0.6 is 0 Å². The number of rotatable bonds is 2. The van der Waals surface area contributed by atoms with Crippen LogP contribution < -0.4 is 11.1 Å². The third-order valence-corrected chi connectivity index (χ3v) is 2.62. The van der Waals surface area contributed by atoms with Crippen molar-refractivity contribution in [2.45, 2.75) is 13.8 Å². The van der Waals surface area contributed by atoms with Gasteiger partial charge >= 0.3 is 0 Å². The van der Waals surface area contributed by atoms with Crippen molar-refractivity contribution in [3.8, 4) is 0 Å². The van der Waals surface area contributed by atoms with Gasteiger partial charge in [0.1, 0.15) is 0 Å². The molecule has 2 atom stereocenters. The molecular weight excluding hydrogens is 136 g/mol. The van der Waals surface area contributed by atoms with Crippen LogP contribution in [0.25, 0.3) is 0 Å². The predicted molar refractivity (Wildman–Crippen MR) is 48.0 cm³/mol. The highest BCUT2D eigenvalue weighted by Gasteiger charge is 2.25. The Morgan fingerprint density at radius 3 is 2.82 bits per heavy atom. The standard InChI is InChI=1S/C9H19N2/c1-7(2)9-6-11-4-3-8(9)5-10/h3,7-9,11H,4-6,10H2,1-2H3. The number of hydrogen-bond acceptors (Lipinski definition) is 2. The van der Waals surface area contributed by atoms with Crippen LogP contribution in [0.3, 0.4) is 0 Å². The fraction of sp³-hybridized carbons (Fsp3) is 0.889. The average molecular weight is 155 g/mol. The van der Waals surface area contributed by atoms with Crippen LogP contribution in [0.4, 0.5) is 0 Å². The summed E-state index contributed by atoms with van der Waals surface area (Å²) in [7, 11) is 0. The molecule has 0 aliphatic carbocycles. The smallest absolute Gasteiger partial charge is 0.00139 e. The highest BCUT2D eigenvalue weighted by Crippen LogP contribution is 2.24. The van der Waals surface area contributed by atoms with Crippen LogP contribution in [0, 0.1) is 24.2 Å². The lowest BCUT2D eigenvalue weighted by atomic mass is 9.79. The summed E-state index contributed by atoms with van der Waals surface area (Å²) in [6, 6.07) is 0. The molecule has 3 N–H and O–H groups in total. The molecule has 0 spiro atoms. The van der Waals surface area contributed by atoms with E-state index in [4.69, 9.17) is 5.73 Å². The zero-order valence-electron chi connectivity index (χ0n) is 7.51. The Balaban J connectivity index is 2.44. The van der Waals surface area contributed by atoms with Crippen molar-refractivity contribution < 1.29 is 0 Å². The number of hydrogen-bond donors (Lipinski definition) is 2. The van der Waals surface area contributed by atoms with E-state index in [1.54, 1.807) is 0 Å². The van der Waals surface area contributed by atoms with E-state index in [0.717, 1.165) is 31.5 Å². The van der Waals surface area contributed by atoms with E-state index in [9.17, 15) is 0 Å². The van der Waals surface area contributed by atoms with E-state index in [1.807, 2.05) is 0 Å². The second-order valence-electron chi connectivity index (χ2n) is 3.70. The monoisotopic (exact) mass is 155 g/mol. The summed E-state index contributed by atoms with van der Waals surface area (Å²) in [6.45, 7) is 7.52. The third-order valence-electron chi connectivity index (χ3n) is 2.62. The molecule has 1 aliphatic rings. The van der Waals surface area contributed by atoms with Crippen LogP contribution in [-0.2, 0) is 0 Å². The Kier molecular flexibility index (Phi) is 3.34. The number of nitrogens with two attached hydrogens (primary N) is 1. The van der Waals surface area contributed by atoms with Crippen LogP contribution in [0.1, 0.15) is 13.8 Å². The fourth-order valence-electron chi connectivity index (χ4n) is 1.81. The van der Waals surface area contributed by atoms with E-state index < -0.39 is 0 Å². The normalized spacial score (nSPS) is 32.7. The Labute approximate surface area is 69.5 Å². The topological polar surface area (TPSA) is 38.0 Å². The fourth-order valence-corrected chi connectivity index (χ4v) is 1.81. The minimum absolute atomic E-state index is 0.635. The molecule has 2 heteroatoms. The molecule has 0 amide bonds. The summed E-state index contributed by atoms with van der Waals surface area (Å²) in [4.78, 5) is 0. The lowest BCUT2D eigenvalue weighted by Crippen LogP contribution is -2.42. The lowest BCUT2D eigenvalue weighted by Gasteiger charge is -2.33. The minimum Gasteiger partial charge on any atom is -0.330 e. The van der Waals surface area contributed by atoms with Gasteiger partial charge in [0.15, 0.2) is 0 Å². The molecule has 11 heavy (non-hydrogen) atoms. The Hall–Kier alpha value is -0.0800. The molecule has 2 nitrogen and oxygen atoms in total. The van der Waals surface area contributed by atoms with Gasteiger partial charge in [-0.1, -0.05) is 13.8 Å². The molecule has 1 aliphatic heterocycles. The van der Waals surface area contributed by atoms with Crippen LogP contribution in [0.15, 0.2) is 0 Å². The zero-order chi connectivity index (χ0) is 8.27. The van der Waals surface area contributed by atoms with E-state index in [0.29, 0.717) is 5.92 Å². The molecule has 2 unspecified atom stereocenters. The van der Waals surface area contributed by atoms with Crippen molar-refractivity contribution in [1.82, 2.24) is 5.32 Å². The Morgan fingerprint density at radius 1 is 1.64 bits per heavy atom. The van der Waals surface area contributed by atoms with Crippen molar-refractivity contribution >= 4 is 0 Å². The van der Waals surface area contributed by atoms with Crippen molar-refractivity contribution in [1.29, 1.82) is 0 Å². The lowest BCUT2D eigenvalue weighted by molar-refractivity contribution is 0.247. The van der Waals surface area contributed by atoms with Gasteiger partial charge in [0.05, 0.1) is 0 Å². The molecule has 1 heterocycles. The summed E-state index contributed by atoms with van der Waals surface area (Å²) in [5.41, 5.74) is 5.67. The molecule has 0 aromatic heterocycles. The summed E-state index contributed by atoms with van der Waals surface area (Å²) < 4.78 is 0. The van der Waals surface area contributed by atoms with Crippen molar-refractivity contribution in [3.05, 3.63) is 6.42 Å². The zero-order valence-corrected chi connectivity index (χ0v) is 7.51. The summed E-state index contributed by atoms with van der Waals surface area (Å²) in [5, 5.41) is 3.37. The molecule has 1 rings (SSSR count). The van der Waals surface area contributed by atoms with E-state index in [-0.39, 0.29) is 0 Å². The summed E-state index contributed by atoms with van der Waals surface area (Å²) in [5.74, 6) is 2.12. The van der Waals surface area contributed by atoms with Gasteiger partial charge in [-0.15, -0.1) is 0 Å². The quantitative estimate of drug-likeness (QED) is 0.614. The van der Waals surface area contributed by atoms with Gasteiger partial charge in [0.25, 0.3) is 0 Å². The molecule has 65 valence electrons. The molecule has 1 saturated heterocycles. The van der Waals surface area contributed by atoms with E-state index in [1.165, 1.54) is 0 Å². The van der Waals surface area contributed by atoms with Gasteiger partial charge in [-0.2, -0.15) is 0 Å². The summed E-state index contributed by atoms with van der Waals surface area (Å²) in [6.07, 6.45) is 2.31. The van der Waals surface area contributed by atoms with Gasteiger partial charge in [0, 0.05) is 0 Å². The average Bonchev–Trinajstić information content (AvgIpc) is 2.04. The molecule has 0 aromatic carbocycles. The SMILES string of the molecule is CC(C)C1CNC[CH]C1CN. The van der Waals surface area contributed by atoms with Crippen LogP contribution in [0.5, 0.6) is 0 Å². The molecule has 0 aromatic rings. The van der Waals surface area contributed by atoms with E-state index in [2.05, 4.69) is 25.6 Å². The predicted octanol–water partition coefficient (Wildman–Crippen LogP) is 0.641. The first-order valence-corrected chi connectivity index (χ1v) is 4.49. The largest absolute Gasteiger partial charge is 0.330 e. The maximum absolute atomic E-state index is 5.67. The molecular formula is C9H19N2. The van der Waals surface area contributed by atoms with E-state index >= 15 is 0 Å². The van der Waals surface area contributed by atoms with Crippen molar-refractivity contribution in [2.75, 3.05) is 19.6 Å². The maximum Gasteiger partial charge on any atom is -0.00139 e. The number of piperidine rings is 1. The second-order valence-corrected chi connectivity index (χ2v) is 3.70. The minimum atomic E-state index is 0.635. The van der Waals surface area contributed by atoms with Gasteiger partial charge in [-0.25, -0.2) is 0 Å². The van der Waals surface area contributed by atoms with Crippen LogP contribution in [-0.4, -0.2) is 19.6 Å². The summed E-state index contributed by atoms with van der Waals surface area (Å²) >= 11 is 0. The highest BCUT2D eigenvalue weighted by atomic mass is 14.9. The van der Waals surface area contributed by atoms with Gasteiger partial charge in [-0.3, -0.25) is 0 Å². The molecule has 1 fully saturated rings. The Bertz CT molecular complexity index is 112. The Morgan fingerprint density at radius 2 is 2.36 bits per heavy atom. The first-order chi connectivity index (χ1) is 5.25. The molecule has 0 bridgehead atoms. The number of nitrogens with one attached hydrogen (secondary N) is 1. The van der Waals surface area contributed by atoms with Crippen molar-refractivity contribution in [3.63, 3.8) is 0 Å². The molecule has 0 saturated carbocycles. The maximum atomic E-state index is 5.67. The second kappa shape index (κ2) is 4.07. The van der Waals surface area contributed by atoms with Gasteiger partial charge in [-0.05, 0) is 43.8 Å². The van der Waals surface area contributed by atoms with Gasteiger partial charge in [0.2, 0.25) is 0 Å². The van der Waals surface area contributed by atoms with Gasteiger partial charge < -0.3 is 11.1 Å². The first-order valence-electron chi connectivity index (χ1n) is 4.49. The molecule has 1 radical (unpaired) electrons.